The van der Waals surface area contributed by atoms with Crippen molar-refractivity contribution in [2.45, 2.75) is 27.3 Å². The quantitative estimate of drug-likeness (QED) is 0.911. The van der Waals surface area contributed by atoms with Gasteiger partial charge in [0.15, 0.2) is 0 Å². The lowest BCUT2D eigenvalue weighted by Gasteiger charge is -2.00. The summed E-state index contributed by atoms with van der Waals surface area (Å²) in [5.41, 5.74) is 3.43. The molecule has 2 aromatic heterocycles. The first-order valence-electron chi connectivity index (χ1n) is 5.40. The van der Waals surface area contributed by atoms with Crippen LogP contribution in [0.15, 0.2) is 11.4 Å². The molecule has 1 N–H and O–H groups in total. The SMILES string of the molecule is CCn1nc(C)c(-c2cc(C(=O)O)cs2)c1C. The molecule has 90 valence electrons. The van der Waals surface area contributed by atoms with Gasteiger partial charge in [-0.3, -0.25) is 4.68 Å². The number of carboxylic acid groups (broad SMARTS) is 1. The van der Waals surface area contributed by atoms with Crippen LogP contribution in [0.3, 0.4) is 0 Å². The largest absolute Gasteiger partial charge is 0.478 e. The van der Waals surface area contributed by atoms with E-state index in [1.54, 1.807) is 11.4 Å². The van der Waals surface area contributed by atoms with Crippen LogP contribution in [0, 0.1) is 13.8 Å². The molecule has 0 aliphatic carbocycles. The Kier molecular flexibility index (Phi) is 3.02. The number of aromatic carboxylic acids is 1. The van der Waals surface area contributed by atoms with Crippen molar-refractivity contribution >= 4 is 17.3 Å². The lowest BCUT2D eigenvalue weighted by atomic mass is 10.1. The Bertz CT molecular complexity index is 569. The lowest BCUT2D eigenvalue weighted by Crippen LogP contribution is -1.98. The Hall–Kier alpha value is -1.62. The molecule has 0 bridgehead atoms. The van der Waals surface area contributed by atoms with Gasteiger partial charge in [0, 0.05) is 28.1 Å². The standard InChI is InChI=1S/C12H14N2O2S/c1-4-14-8(3)11(7(2)13-14)10-5-9(6-17-10)12(15)16/h5-6H,4H2,1-3H3,(H,15,16). The second-order valence-corrected chi connectivity index (χ2v) is 4.78. The third kappa shape index (κ3) is 1.98. The highest BCUT2D eigenvalue weighted by molar-refractivity contribution is 7.13. The van der Waals surface area contributed by atoms with Gasteiger partial charge in [-0.1, -0.05) is 0 Å². The van der Waals surface area contributed by atoms with Crippen molar-refractivity contribution in [2.75, 3.05) is 0 Å². The van der Waals surface area contributed by atoms with E-state index in [1.807, 2.05) is 25.5 Å². The van der Waals surface area contributed by atoms with Crippen molar-refractivity contribution < 1.29 is 9.90 Å². The monoisotopic (exact) mass is 250 g/mol. The molecular formula is C12H14N2O2S. The van der Waals surface area contributed by atoms with Crippen LogP contribution < -0.4 is 0 Å². The third-order valence-corrected chi connectivity index (χ3v) is 3.72. The normalized spacial score (nSPS) is 10.8. The molecule has 0 amide bonds. The van der Waals surface area contributed by atoms with Crippen molar-refractivity contribution in [3.63, 3.8) is 0 Å². The number of hydrogen-bond donors (Lipinski definition) is 1. The minimum atomic E-state index is -0.884. The van der Waals surface area contributed by atoms with E-state index in [9.17, 15) is 4.79 Å². The Labute approximate surface area is 104 Å². The second-order valence-electron chi connectivity index (χ2n) is 3.87. The molecule has 0 fully saturated rings. The molecule has 0 spiro atoms. The number of carboxylic acids is 1. The molecule has 0 unspecified atom stereocenters. The van der Waals surface area contributed by atoms with Crippen LogP contribution in [0.2, 0.25) is 0 Å². The van der Waals surface area contributed by atoms with Gasteiger partial charge in [0.1, 0.15) is 0 Å². The fourth-order valence-electron chi connectivity index (χ4n) is 1.94. The van der Waals surface area contributed by atoms with Crippen LogP contribution in [-0.2, 0) is 6.54 Å². The van der Waals surface area contributed by atoms with Gasteiger partial charge < -0.3 is 5.11 Å². The first kappa shape index (κ1) is 11.9. The van der Waals surface area contributed by atoms with Gasteiger partial charge in [-0.25, -0.2) is 4.79 Å². The van der Waals surface area contributed by atoms with Gasteiger partial charge >= 0.3 is 5.97 Å². The summed E-state index contributed by atoms with van der Waals surface area (Å²) in [6.07, 6.45) is 0. The summed E-state index contributed by atoms with van der Waals surface area (Å²) in [7, 11) is 0. The molecule has 0 saturated heterocycles. The van der Waals surface area contributed by atoms with Gasteiger partial charge in [-0.05, 0) is 26.8 Å². The Morgan fingerprint density at radius 1 is 1.53 bits per heavy atom. The van der Waals surface area contributed by atoms with Gasteiger partial charge in [0.05, 0.1) is 11.3 Å². The number of nitrogens with zero attached hydrogens (tertiary/aromatic N) is 2. The minimum Gasteiger partial charge on any atom is -0.478 e. The van der Waals surface area contributed by atoms with Gasteiger partial charge in [-0.2, -0.15) is 5.10 Å². The zero-order chi connectivity index (χ0) is 12.6. The Morgan fingerprint density at radius 3 is 2.71 bits per heavy atom. The number of rotatable bonds is 3. The fraction of sp³-hybridized carbons (Fsp3) is 0.333. The molecule has 17 heavy (non-hydrogen) atoms. The number of aromatic nitrogens is 2. The molecule has 2 aromatic rings. The van der Waals surface area contributed by atoms with Crippen molar-refractivity contribution in [3.05, 3.63) is 28.4 Å². The maximum absolute atomic E-state index is 10.9. The van der Waals surface area contributed by atoms with Crippen LogP contribution in [-0.4, -0.2) is 20.9 Å². The molecule has 4 nitrogen and oxygen atoms in total. The highest BCUT2D eigenvalue weighted by Crippen LogP contribution is 2.32. The van der Waals surface area contributed by atoms with Crippen LogP contribution in [0.25, 0.3) is 10.4 Å². The Balaban J connectivity index is 2.52. The minimum absolute atomic E-state index is 0.341. The zero-order valence-electron chi connectivity index (χ0n) is 10.0. The summed E-state index contributed by atoms with van der Waals surface area (Å²) < 4.78 is 1.94. The van der Waals surface area contributed by atoms with Crippen molar-refractivity contribution in [1.82, 2.24) is 9.78 Å². The van der Waals surface area contributed by atoms with Crippen LogP contribution in [0.1, 0.15) is 28.7 Å². The van der Waals surface area contributed by atoms with E-state index in [2.05, 4.69) is 5.10 Å². The summed E-state index contributed by atoms with van der Waals surface area (Å²) >= 11 is 1.45. The average Bonchev–Trinajstić information content (AvgIpc) is 2.83. The molecule has 2 heterocycles. The smallest absolute Gasteiger partial charge is 0.336 e. The summed E-state index contributed by atoms with van der Waals surface area (Å²) in [6.45, 7) is 6.83. The first-order chi connectivity index (χ1) is 8.04. The van der Waals surface area contributed by atoms with Gasteiger partial charge in [-0.15, -0.1) is 11.3 Å². The van der Waals surface area contributed by atoms with E-state index in [1.165, 1.54) is 11.3 Å². The van der Waals surface area contributed by atoms with E-state index in [-0.39, 0.29) is 0 Å². The van der Waals surface area contributed by atoms with Crippen LogP contribution >= 0.6 is 11.3 Å². The maximum atomic E-state index is 10.9. The summed E-state index contributed by atoms with van der Waals surface area (Å²) in [5, 5.41) is 15.0. The fourth-order valence-corrected chi connectivity index (χ4v) is 2.97. The summed E-state index contributed by atoms with van der Waals surface area (Å²) in [6, 6.07) is 1.71. The van der Waals surface area contributed by atoms with E-state index in [0.29, 0.717) is 5.56 Å². The predicted octanol–water partition coefficient (Wildman–Crippen LogP) is 2.95. The molecule has 0 aliphatic heterocycles. The highest BCUT2D eigenvalue weighted by Gasteiger charge is 2.16. The molecular weight excluding hydrogens is 236 g/mol. The molecule has 0 saturated carbocycles. The van der Waals surface area contributed by atoms with Crippen molar-refractivity contribution in [1.29, 1.82) is 0 Å². The number of carbonyl (C=O) groups is 1. The Morgan fingerprint density at radius 2 is 2.24 bits per heavy atom. The van der Waals surface area contributed by atoms with Crippen LogP contribution in [0.5, 0.6) is 0 Å². The first-order valence-corrected chi connectivity index (χ1v) is 6.28. The summed E-state index contributed by atoms with van der Waals surface area (Å²) in [5.74, 6) is -0.884. The molecule has 0 aromatic carbocycles. The summed E-state index contributed by atoms with van der Waals surface area (Å²) in [4.78, 5) is 11.8. The van der Waals surface area contributed by atoms with Crippen molar-refractivity contribution in [2.24, 2.45) is 0 Å². The molecule has 2 rings (SSSR count). The number of hydrogen-bond acceptors (Lipinski definition) is 3. The molecule has 0 radical (unpaired) electrons. The molecule has 0 atom stereocenters. The number of thiophene rings is 1. The average molecular weight is 250 g/mol. The predicted molar refractivity (Wildman–Crippen MR) is 67.6 cm³/mol. The molecule has 0 aliphatic rings. The van der Waals surface area contributed by atoms with E-state index < -0.39 is 5.97 Å². The number of aryl methyl sites for hydroxylation is 2. The van der Waals surface area contributed by atoms with Gasteiger partial charge in [0.2, 0.25) is 0 Å². The van der Waals surface area contributed by atoms with E-state index in [4.69, 9.17) is 5.11 Å². The second kappa shape index (κ2) is 4.33. The van der Waals surface area contributed by atoms with E-state index in [0.717, 1.165) is 28.4 Å². The maximum Gasteiger partial charge on any atom is 0.336 e. The van der Waals surface area contributed by atoms with Crippen LogP contribution in [0.4, 0.5) is 0 Å². The highest BCUT2D eigenvalue weighted by atomic mass is 32.1. The topological polar surface area (TPSA) is 55.1 Å². The van der Waals surface area contributed by atoms with E-state index >= 15 is 0 Å². The zero-order valence-corrected chi connectivity index (χ0v) is 10.8. The lowest BCUT2D eigenvalue weighted by molar-refractivity contribution is 0.0697. The third-order valence-electron chi connectivity index (χ3n) is 2.77. The van der Waals surface area contributed by atoms with Gasteiger partial charge in [0.25, 0.3) is 0 Å². The van der Waals surface area contributed by atoms with Crippen molar-refractivity contribution in [3.8, 4) is 10.4 Å². The molecule has 5 heteroatoms.